The number of nitrogens with two attached hydrogens (primary N) is 1. The molecule has 0 aliphatic carbocycles. The summed E-state index contributed by atoms with van der Waals surface area (Å²) >= 11 is 0. The number of ether oxygens (including phenoxy) is 1. The first-order valence-electron chi connectivity index (χ1n) is 5.56. The Morgan fingerprint density at radius 3 is 1.88 bits per heavy atom. The lowest BCUT2D eigenvalue weighted by atomic mass is 10.2. The molecule has 0 atom stereocenters. The highest BCUT2D eigenvalue weighted by Gasteiger charge is 2.02. The number of carbonyl (C=O) groups is 1. The number of hydrogen-bond donors (Lipinski definition) is 1. The van der Waals surface area contributed by atoms with E-state index in [-0.39, 0.29) is 5.82 Å². The Balaban J connectivity index is 0. The van der Waals surface area contributed by atoms with Gasteiger partial charge in [0.05, 0.1) is 12.7 Å². The number of carbonyl (C=O) groups excluding carboxylic acids is 1. The van der Waals surface area contributed by atoms with Gasteiger partial charge in [0.25, 0.3) is 0 Å². The highest BCUT2D eigenvalue weighted by atomic mass is 19.1. The van der Waals surface area contributed by atoms with Gasteiger partial charge in [0.1, 0.15) is 5.82 Å². The highest BCUT2D eigenvalue weighted by molar-refractivity contribution is 5.89. The van der Waals surface area contributed by atoms with E-state index in [1.54, 1.807) is 0 Å². The van der Waals surface area contributed by atoms with Crippen molar-refractivity contribution in [2.24, 2.45) is 5.73 Å². The van der Waals surface area contributed by atoms with Gasteiger partial charge in [-0.15, -0.1) is 0 Å². The summed E-state index contributed by atoms with van der Waals surface area (Å²) in [6.45, 7) is 7.89. The fourth-order valence-corrected chi connectivity index (χ4v) is 0.704. The number of methoxy groups -OCH3 is 1. The Labute approximate surface area is 103 Å². The number of benzene rings is 1. The van der Waals surface area contributed by atoms with Crippen LogP contribution in [0.3, 0.4) is 0 Å². The maximum Gasteiger partial charge on any atom is 0.337 e. The van der Waals surface area contributed by atoms with E-state index in [9.17, 15) is 9.18 Å². The third-order valence-corrected chi connectivity index (χ3v) is 1.27. The smallest absolute Gasteiger partial charge is 0.337 e. The van der Waals surface area contributed by atoms with Gasteiger partial charge in [-0.2, -0.15) is 0 Å². The van der Waals surface area contributed by atoms with E-state index in [0.29, 0.717) is 11.6 Å². The minimum atomic E-state index is -0.454. The molecule has 0 saturated heterocycles. The maximum absolute atomic E-state index is 12.3. The second kappa shape index (κ2) is 11.1. The van der Waals surface area contributed by atoms with Crippen LogP contribution < -0.4 is 5.73 Å². The summed E-state index contributed by atoms with van der Waals surface area (Å²) in [6, 6.07) is 5.51. The van der Waals surface area contributed by atoms with Crippen LogP contribution in [0.25, 0.3) is 0 Å². The first-order chi connectivity index (χ1) is 7.97. The minimum absolute atomic E-state index is 0.333. The van der Waals surface area contributed by atoms with Crippen molar-refractivity contribution in [3.63, 3.8) is 0 Å². The Morgan fingerprint density at radius 2 is 1.59 bits per heavy atom. The molecule has 4 heteroatoms. The predicted octanol–water partition coefficient (Wildman–Crippen LogP) is 2.99. The molecule has 0 fully saturated rings. The first-order valence-corrected chi connectivity index (χ1v) is 5.56. The van der Waals surface area contributed by atoms with E-state index >= 15 is 0 Å². The predicted molar refractivity (Wildman–Crippen MR) is 68.4 cm³/mol. The van der Waals surface area contributed by atoms with E-state index in [1.165, 1.54) is 31.4 Å². The number of rotatable bonds is 1. The molecule has 98 valence electrons. The van der Waals surface area contributed by atoms with Crippen LogP contribution in [0, 0.1) is 5.82 Å². The van der Waals surface area contributed by atoms with Crippen molar-refractivity contribution in [1.29, 1.82) is 0 Å². The van der Waals surface area contributed by atoms with Crippen molar-refractivity contribution in [3.05, 3.63) is 35.6 Å². The van der Waals surface area contributed by atoms with Gasteiger partial charge in [0.15, 0.2) is 0 Å². The first kappa shape index (κ1) is 18.0. The molecule has 0 amide bonds. The van der Waals surface area contributed by atoms with Crippen molar-refractivity contribution < 1.29 is 13.9 Å². The van der Waals surface area contributed by atoms with Gasteiger partial charge >= 0.3 is 5.97 Å². The van der Waals surface area contributed by atoms with Crippen LogP contribution in [0.2, 0.25) is 0 Å². The molecule has 0 radical (unpaired) electrons. The summed E-state index contributed by atoms with van der Waals surface area (Å²) in [5.41, 5.74) is 5.47. The summed E-state index contributed by atoms with van der Waals surface area (Å²) in [6.07, 6.45) is 0. The van der Waals surface area contributed by atoms with E-state index in [0.717, 1.165) is 0 Å². The lowest BCUT2D eigenvalue weighted by Crippen LogP contribution is -2.06. The molecule has 0 spiro atoms. The van der Waals surface area contributed by atoms with Crippen LogP contribution >= 0.6 is 0 Å². The molecule has 0 heterocycles. The molecule has 1 rings (SSSR count). The largest absolute Gasteiger partial charge is 0.465 e. The Kier molecular flexibility index (Phi) is 11.7. The van der Waals surface area contributed by atoms with Gasteiger partial charge in [-0.05, 0) is 30.3 Å². The Morgan fingerprint density at radius 1 is 1.24 bits per heavy atom. The second-order valence-corrected chi connectivity index (χ2v) is 3.24. The van der Waals surface area contributed by atoms with Crippen molar-refractivity contribution in [2.75, 3.05) is 7.11 Å². The summed E-state index contributed by atoms with van der Waals surface area (Å²) in [4.78, 5) is 10.8. The fraction of sp³-hybridized carbons (Fsp3) is 0.462. The van der Waals surface area contributed by atoms with E-state index in [1.807, 2.05) is 27.7 Å². The zero-order chi connectivity index (χ0) is 13.8. The van der Waals surface area contributed by atoms with Gasteiger partial charge in [0, 0.05) is 0 Å². The molecule has 3 nitrogen and oxygen atoms in total. The lowest BCUT2D eigenvalue weighted by molar-refractivity contribution is 0.0600. The number of hydrogen-bond acceptors (Lipinski definition) is 3. The van der Waals surface area contributed by atoms with Crippen LogP contribution in [-0.2, 0) is 4.74 Å². The van der Waals surface area contributed by atoms with Gasteiger partial charge < -0.3 is 10.5 Å². The summed E-state index contributed by atoms with van der Waals surface area (Å²) in [5.74, 6) is -0.817. The molecule has 1 aromatic rings. The molecule has 0 aromatic heterocycles. The van der Waals surface area contributed by atoms with Crippen molar-refractivity contribution in [2.45, 2.75) is 33.7 Å². The SMILES string of the molecule is CC.CC(C)N.COC(=O)c1ccc(F)cc1. The zero-order valence-corrected chi connectivity index (χ0v) is 11.2. The topological polar surface area (TPSA) is 52.3 Å². The van der Waals surface area contributed by atoms with E-state index < -0.39 is 5.97 Å². The molecule has 1 aromatic carbocycles. The van der Waals surface area contributed by atoms with E-state index in [4.69, 9.17) is 5.73 Å². The minimum Gasteiger partial charge on any atom is -0.465 e. The molecule has 0 aliphatic rings. The highest BCUT2D eigenvalue weighted by Crippen LogP contribution is 2.03. The van der Waals surface area contributed by atoms with Gasteiger partial charge in [0.2, 0.25) is 0 Å². The summed E-state index contributed by atoms with van der Waals surface area (Å²) in [7, 11) is 1.28. The molecule has 0 bridgehead atoms. The van der Waals surface area contributed by atoms with Crippen molar-refractivity contribution in [1.82, 2.24) is 0 Å². The van der Waals surface area contributed by atoms with Crippen LogP contribution in [0.1, 0.15) is 38.1 Å². The maximum atomic E-state index is 12.3. The summed E-state index contributed by atoms with van der Waals surface area (Å²) < 4.78 is 16.7. The standard InChI is InChI=1S/C8H7FO2.C3H9N.C2H6/c1-11-8(10)6-2-4-7(9)5-3-6;1-3(2)4;1-2/h2-5H,1H3;3H,4H2,1-2H3;1-2H3. The zero-order valence-electron chi connectivity index (χ0n) is 11.2. The molecule has 17 heavy (non-hydrogen) atoms. The Bertz CT molecular complexity index is 294. The fourth-order valence-electron chi connectivity index (χ4n) is 0.704. The van der Waals surface area contributed by atoms with Crippen LogP contribution in [0.4, 0.5) is 4.39 Å². The van der Waals surface area contributed by atoms with Gasteiger partial charge in [-0.25, -0.2) is 9.18 Å². The second-order valence-electron chi connectivity index (χ2n) is 3.24. The van der Waals surface area contributed by atoms with Crippen molar-refractivity contribution >= 4 is 5.97 Å². The monoisotopic (exact) mass is 243 g/mol. The van der Waals surface area contributed by atoms with Crippen LogP contribution in [0.5, 0.6) is 0 Å². The normalized spacial score (nSPS) is 8.47. The van der Waals surface area contributed by atoms with Crippen LogP contribution in [0.15, 0.2) is 24.3 Å². The van der Waals surface area contributed by atoms with Crippen molar-refractivity contribution in [3.8, 4) is 0 Å². The quantitative estimate of drug-likeness (QED) is 0.771. The van der Waals surface area contributed by atoms with Gasteiger partial charge in [-0.3, -0.25) is 0 Å². The average molecular weight is 243 g/mol. The third-order valence-electron chi connectivity index (χ3n) is 1.27. The van der Waals surface area contributed by atoms with Gasteiger partial charge in [-0.1, -0.05) is 27.7 Å². The molecule has 0 aliphatic heterocycles. The molecular formula is C13H22FNO2. The van der Waals surface area contributed by atoms with Crippen LogP contribution in [-0.4, -0.2) is 19.1 Å². The third kappa shape index (κ3) is 10.9. The molecule has 0 saturated carbocycles. The molecule has 0 unspecified atom stereocenters. The Hall–Kier alpha value is -1.42. The number of esters is 1. The number of halogens is 1. The summed E-state index contributed by atoms with van der Waals surface area (Å²) in [5, 5.41) is 0. The average Bonchev–Trinajstić information content (AvgIpc) is 2.31. The van der Waals surface area contributed by atoms with E-state index in [2.05, 4.69) is 4.74 Å². The molecule has 2 N–H and O–H groups in total. The molecular weight excluding hydrogens is 221 g/mol. The lowest BCUT2D eigenvalue weighted by Gasteiger charge is -1.96.